The van der Waals surface area contributed by atoms with E-state index >= 15 is 0 Å². The van der Waals surface area contributed by atoms with Crippen LogP contribution in [0.1, 0.15) is 26.7 Å². The van der Waals surface area contributed by atoms with E-state index in [4.69, 9.17) is 15.0 Å². The summed E-state index contributed by atoms with van der Waals surface area (Å²) in [7, 11) is 4.22. The van der Waals surface area contributed by atoms with Crippen LogP contribution < -0.4 is 10.6 Å². The summed E-state index contributed by atoms with van der Waals surface area (Å²) in [6.07, 6.45) is -5.05. The molecule has 0 aromatic carbocycles. The number of hydrogen-bond acceptors (Lipinski definition) is 7. The lowest BCUT2D eigenvalue weighted by Gasteiger charge is -2.19. The fourth-order valence-corrected chi connectivity index (χ4v) is 3.38. The summed E-state index contributed by atoms with van der Waals surface area (Å²) in [5.74, 6) is -2.35. The maximum absolute atomic E-state index is 12.0. The Kier molecular flexibility index (Phi) is 16.2. The van der Waals surface area contributed by atoms with Gasteiger partial charge in [-0.2, -0.15) is 13.2 Å². The van der Waals surface area contributed by atoms with Gasteiger partial charge in [0.1, 0.15) is 6.04 Å². The molecule has 170 valence electrons. The molecule has 0 unspecified atom stereocenters. The monoisotopic (exact) mass is 466 g/mol. The van der Waals surface area contributed by atoms with E-state index < -0.39 is 30.2 Å². The van der Waals surface area contributed by atoms with Crippen LogP contribution in [-0.2, 0) is 19.1 Å². The number of amides is 2. The molecule has 29 heavy (non-hydrogen) atoms. The van der Waals surface area contributed by atoms with Crippen molar-refractivity contribution in [3.63, 3.8) is 0 Å². The van der Waals surface area contributed by atoms with Gasteiger partial charge in [0.15, 0.2) is 0 Å². The highest BCUT2D eigenvalue weighted by atomic mass is 33.1. The maximum atomic E-state index is 12.0. The number of aliphatic carboxylic acids is 2. The van der Waals surface area contributed by atoms with Crippen molar-refractivity contribution in [2.75, 3.05) is 25.2 Å². The zero-order valence-electron chi connectivity index (χ0n) is 16.1. The number of carbonyl (C=O) groups excluding carboxylic acids is 2. The van der Waals surface area contributed by atoms with Gasteiger partial charge in [0, 0.05) is 18.1 Å². The highest BCUT2D eigenvalue weighted by Gasteiger charge is 2.38. The molecule has 0 rings (SSSR count). The standard InChI is InChI=1S/C13H24N2O5S2.C2HF3O2/c1-9(2)8-10(15-13(19)20-3)12(18)14-5-7-22-21-6-4-11(16)17;3-2(4,5)1(6)7/h9-10H,4-8H2,1-3H3,(H,14,18)(H,15,19)(H,16,17);(H,6,7)/t10-;/m0./s1. The Morgan fingerprint density at radius 1 is 1.07 bits per heavy atom. The van der Waals surface area contributed by atoms with Gasteiger partial charge in [-0.25, -0.2) is 9.59 Å². The largest absolute Gasteiger partial charge is 0.490 e. The molecule has 0 fully saturated rings. The molecular weight excluding hydrogens is 441 g/mol. The molecule has 0 aliphatic carbocycles. The summed E-state index contributed by atoms with van der Waals surface area (Å²) < 4.78 is 36.3. The lowest BCUT2D eigenvalue weighted by Crippen LogP contribution is -2.47. The van der Waals surface area contributed by atoms with E-state index in [1.54, 1.807) is 0 Å². The Balaban J connectivity index is 0. The molecule has 2 amide bonds. The van der Waals surface area contributed by atoms with E-state index in [2.05, 4.69) is 15.4 Å². The first-order chi connectivity index (χ1) is 13.3. The average Bonchev–Trinajstić information content (AvgIpc) is 2.59. The molecule has 0 heterocycles. The molecule has 9 nitrogen and oxygen atoms in total. The van der Waals surface area contributed by atoms with Crippen molar-refractivity contribution in [3.8, 4) is 0 Å². The van der Waals surface area contributed by atoms with Gasteiger partial charge < -0.3 is 25.6 Å². The van der Waals surface area contributed by atoms with Gasteiger partial charge in [-0.15, -0.1) is 0 Å². The fraction of sp³-hybridized carbons (Fsp3) is 0.733. The number of carboxylic acid groups (broad SMARTS) is 2. The van der Waals surface area contributed by atoms with E-state index in [9.17, 15) is 27.6 Å². The minimum atomic E-state index is -5.08. The van der Waals surface area contributed by atoms with E-state index in [1.165, 1.54) is 28.7 Å². The third-order valence-electron chi connectivity index (χ3n) is 2.71. The van der Waals surface area contributed by atoms with Gasteiger partial charge in [0.2, 0.25) is 5.91 Å². The number of hydrogen-bond donors (Lipinski definition) is 4. The van der Waals surface area contributed by atoms with Gasteiger partial charge in [0.25, 0.3) is 0 Å². The van der Waals surface area contributed by atoms with Crippen molar-refractivity contribution in [2.45, 2.75) is 38.9 Å². The van der Waals surface area contributed by atoms with Gasteiger partial charge in [0.05, 0.1) is 13.5 Å². The fourth-order valence-electron chi connectivity index (χ4n) is 1.49. The number of carboxylic acids is 2. The number of alkyl halides is 3. The molecule has 0 aromatic heterocycles. The normalized spacial score (nSPS) is 11.7. The topological polar surface area (TPSA) is 142 Å². The molecule has 0 radical (unpaired) electrons. The zero-order valence-corrected chi connectivity index (χ0v) is 17.7. The lowest BCUT2D eigenvalue weighted by molar-refractivity contribution is -0.192. The summed E-state index contributed by atoms with van der Waals surface area (Å²) in [6, 6.07) is -0.614. The summed E-state index contributed by atoms with van der Waals surface area (Å²) in [5.41, 5.74) is 0. The minimum absolute atomic E-state index is 0.129. The number of rotatable bonds is 11. The van der Waals surface area contributed by atoms with E-state index in [0.29, 0.717) is 24.5 Å². The number of alkyl carbamates (subject to hydrolysis) is 1. The number of carbonyl (C=O) groups is 4. The number of methoxy groups -OCH3 is 1. The van der Waals surface area contributed by atoms with E-state index in [1.807, 2.05) is 13.8 Å². The maximum Gasteiger partial charge on any atom is 0.490 e. The van der Waals surface area contributed by atoms with Gasteiger partial charge >= 0.3 is 24.2 Å². The van der Waals surface area contributed by atoms with Crippen molar-refractivity contribution in [3.05, 3.63) is 0 Å². The molecule has 0 spiro atoms. The third-order valence-corrected chi connectivity index (χ3v) is 5.12. The molecule has 0 saturated carbocycles. The van der Waals surface area contributed by atoms with Crippen molar-refractivity contribution in [2.24, 2.45) is 5.92 Å². The molecule has 0 aliphatic heterocycles. The van der Waals surface area contributed by atoms with Crippen LogP contribution >= 0.6 is 21.6 Å². The molecule has 14 heteroatoms. The summed E-state index contributed by atoms with van der Waals surface area (Å²) >= 11 is 0. The van der Waals surface area contributed by atoms with Crippen molar-refractivity contribution >= 4 is 45.5 Å². The Labute approximate surface area is 173 Å². The first-order valence-corrected chi connectivity index (χ1v) is 10.7. The second-order valence-electron chi connectivity index (χ2n) is 5.70. The highest BCUT2D eigenvalue weighted by molar-refractivity contribution is 8.76. The third kappa shape index (κ3) is 19.3. The van der Waals surface area contributed by atoms with E-state index in [0.717, 1.165) is 0 Å². The quantitative estimate of drug-likeness (QED) is 0.267. The summed E-state index contributed by atoms with van der Waals surface area (Å²) in [5, 5.41) is 20.9. The molecule has 0 aromatic rings. The first-order valence-electron chi connectivity index (χ1n) is 8.19. The molecule has 0 aliphatic rings. The first kappa shape index (κ1) is 29.4. The van der Waals surface area contributed by atoms with Gasteiger partial charge in [-0.1, -0.05) is 35.4 Å². The number of nitrogens with one attached hydrogen (secondary N) is 2. The Morgan fingerprint density at radius 2 is 1.59 bits per heavy atom. The van der Waals surface area contributed by atoms with Crippen molar-refractivity contribution in [1.29, 1.82) is 0 Å². The van der Waals surface area contributed by atoms with Gasteiger partial charge in [-0.05, 0) is 12.3 Å². The van der Waals surface area contributed by atoms with Crippen LogP contribution in [0.5, 0.6) is 0 Å². The Hall–Kier alpha value is -1.83. The molecule has 0 bridgehead atoms. The second-order valence-corrected chi connectivity index (χ2v) is 8.40. The molecule has 0 saturated heterocycles. The SMILES string of the molecule is COC(=O)N[C@@H](CC(C)C)C(=O)NCCSSCCC(=O)O.O=C(O)C(F)(F)F. The Bertz CT molecular complexity index is 535. The number of ether oxygens (including phenoxy) is 1. The van der Waals surface area contributed by atoms with Gasteiger partial charge in [-0.3, -0.25) is 9.59 Å². The van der Waals surface area contributed by atoms with Crippen molar-refractivity contribution < 1.29 is 47.3 Å². The van der Waals surface area contributed by atoms with E-state index in [-0.39, 0.29) is 18.2 Å². The lowest BCUT2D eigenvalue weighted by atomic mass is 10.0. The van der Waals surface area contributed by atoms with Crippen molar-refractivity contribution in [1.82, 2.24) is 10.6 Å². The summed E-state index contributed by atoms with van der Waals surface area (Å²) in [4.78, 5) is 42.5. The predicted molar refractivity (Wildman–Crippen MR) is 103 cm³/mol. The van der Waals surface area contributed by atoms with Crippen LogP contribution in [0.3, 0.4) is 0 Å². The molecular formula is C15H25F3N2O7S2. The van der Waals surface area contributed by atoms with Crippen LogP contribution in [-0.4, -0.2) is 71.5 Å². The van der Waals surface area contributed by atoms with Crippen LogP contribution in [0.25, 0.3) is 0 Å². The summed E-state index contributed by atoms with van der Waals surface area (Å²) in [6.45, 7) is 4.39. The van der Waals surface area contributed by atoms with Crippen LogP contribution in [0.15, 0.2) is 0 Å². The second kappa shape index (κ2) is 16.0. The molecule has 4 N–H and O–H groups in total. The minimum Gasteiger partial charge on any atom is -0.481 e. The van der Waals surface area contributed by atoms with Crippen LogP contribution in [0.2, 0.25) is 0 Å². The zero-order chi connectivity index (χ0) is 23.0. The Morgan fingerprint density at radius 3 is 2.00 bits per heavy atom. The number of halogens is 3. The highest BCUT2D eigenvalue weighted by Crippen LogP contribution is 2.21. The van der Waals surface area contributed by atoms with Crippen LogP contribution in [0.4, 0.5) is 18.0 Å². The van der Waals surface area contributed by atoms with Crippen LogP contribution in [0, 0.1) is 5.92 Å². The average molecular weight is 467 g/mol. The predicted octanol–water partition coefficient (Wildman–Crippen LogP) is 2.36. The molecule has 1 atom stereocenters. The smallest absolute Gasteiger partial charge is 0.481 e.